The lowest BCUT2D eigenvalue weighted by atomic mass is 9.85. The molecule has 0 spiro atoms. The summed E-state index contributed by atoms with van der Waals surface area (Å²) >= 11 is 1.54. The quantitative estimate of drug-likeness (QED) is 0.246. The van der Waals surface area contributed by atoms with Crippen LogP contribution in [0.15, 0.2) is 48.5 Å². The molecule has 5 atom stereocenters. The average molecular weight is 693 g/mol. The van der Waals surface area contributed by atoms with Gasteiger partial charge in [-0.2, -0.15) is 0 Å². The van der Waals surface area contributed by atoms with E-state index in [9.17, 15) is 24.3 Å². The van der Waals surface area contributed by atoms with Crippen LogP contribution in [0, 0.1) is 11.3 Å². The highest BCUT2D eigenvalue weighted by Crippen LogP contribution is 2.45. The second-order valence-corrected chi connectivity index (χ2v) is 15.6. The molecule has 5 rings (SSSR count). The fourth-order valence-electron chi connectivity index (χ4n) is 5.97. The summed E-state index contributed by atoms with van der Waals surface area (Å²) in [6.07, 6.45) is 3.13. The number of benzene rings is 1. The number of aromatic nitrogens is 3. The molecule has 1 saturated carbocycles. The maximum atomic E-state index is 14.4. The van der Waals surface area contributed by atoms with Crippen LogP contribution in [0.25, 0.3) is 11.0 Å². The van der Waals surface area contributed by atoms with E-state index in [1.54, 1.807) is 59.1 Å². The smallest absolute Gasteiger partial charge is 0.408 e. The summed E-state index contributed by atoms with van der Waals surface area (Å²) < 4.78 is 11.9. The topological polar surface area (TPSA) is 173 Å². The van der Waals surface area contributed by atoms with Crippen LogP contribution in [0.1, 0.15) is 65.1 Å². The standard InChI is InChI=1S/C35H44N6O7S/c1-8-20-18-35(20,31(44)45)40-28(42)25-17-21(19-41(25)30(43)27(33(2,3)4)39-32(46)48-34(5,6)7)47-29-24(13-14-26-36-15-16-49-26)37-22-11-9-10-12-23(22)38-29/h8-12,15-16,20-21,25,27H,1,13-14,17-19H2,2-7H3,(H,39,46)(H,40,42)(H,44,45)/t20-,21-,25+,27-,35?/m1/s1. The number of hydrogen-bond acceptors (Lipinski definition) is 10. The van der Waals surface area contributed by atoms with Gasteiger partial charge in [-0.15, -0.1) is 17.9 Å². The van der Waals surface area contributed by atoms with E-state index >= 15 is 0 Å². The highest BCUT2D eigenvalue weighted by molar-refractivity contribution is 7.09. The third-order valence-electron chi connectivity index (χ3n) is 8.59. The summed E-state index contributed by atoms with van der Waals surface area (Å²) in [5.74, 6) is -2.51. The number of carboxylic acids is 1. The lowest BCUT2D eigenvalue weighted by Gasteiger charge is -2.35. The number of aryl methyl sites for hydroxylation is 2. The number of carboxylic acid groups (broad SMARTS) is 1. The summed E-state index contributed by atoms with van der Waals surface area (Å²) in [6, 6.07) is 5.24. The predicted molar refractivity (Wildman–Crippen MR) is 183 cm³/mol. The minimum absolute atomic E-state index is 0.0229. The summed E-state index contributed by atoms with van der Waals surface area (Å²) in [4.78, 5) is 68.8. The third kappa shape index (κ3) is 8.18. The van der Waals surface area contributed by atoms with Crippen molar-refractivity contribution in [3.8, 4) is 5.88 Å². The molecule has 14 heteroatoms. The molecule has 0 bridgehead atoms. The summed E-state index contributed by atoms with van der Waals surface area (Å²) in [5, 5.41) is 18.2. The van der Waals surface area contributed by atoms with Crippen LogP contribution in [-0.2, 0) is 32.0 Å². The van der Waals surface area contributed by atoms with E-state index in [4.69, 9.17) is 19.4 Å². The Labute approximate surface area is 289 Å². The number of aliphatic carboxylic acids is 1. The first kappa shape index (κ1) is 35.7. The first-order valence-electron chi connectivity index (χ1n) is 16.3. The van der Waals surface area contributed by atoms with E-state index in [-0.39, 0.29) is 25.3 Å². The Morgan fingerprint density at radius 1 is 1.12 bits per heavy atom. The van der Waals surface area contributed by atoms with Crippen molar-refractivity contribution >= 4 is 46.2 Å². The molecule has 0 radical (unpaired) electrons. The summed E-state index contributed by atoms with van der Waals surface area (Å²) in [6.45, 7) is 14.2. The lowest BCUT2D eigenvalue weighted by molar-refractivity contribution is -0.146. The number of carbonyl (C=O) groups is 4. The van der Waals surface area contributed by atoms with Crippen LogP contribution in [0.2, 0.25) is 0 Å². The molecule has 2 aromatic heterocycles. The molecule has 3 heterocycles. The number of carbonyl (C=O) groups excluding carboxylic acids is 3. The van der Waals surface area contributed by atoms with Gasteiger partial charge >= 0.3 is 12.1 Å². The first-order valence-corrected chi connectivity index (χ1v) is 17.2. The molecule has 262 valence electrons. The highest BCUT2D eigenvalue weighted by atomic mass is 32.1. The van der Waals surface area contributed by atoms with Crippen molar-refractivity contribution in [2.24, 2.45) is 11.3 Å². The fraction of sp³-hybridized carbons (Fsp3) is 0.514. The zero-order valence-corrected chi connectivity index (χ0v) is 29.5. The minimum atomic E-state index is -1.50. The van der Waals surface area contributed by atoms with Crippen molar-refractivity contribution in [1.82, 2.24) is 30.5 Å². The number of fused-ring (bicyclic) bond motifs is 1. The molecule has 3 N–H and O–H groups in total. The molecule has 1 unspecified atom stereocenters. The number of likely N-dealkylation sites (tertiary alicyclic amines) is 1. The van der Waals surface area contributed by atoms with Crippen molar-refractivity contribution in [1.29, 1.82) is 0 Å². The van der Waals surface area contributed by atoms with Crippen LogP contribution in [0.3, 0.4) is 0 Å². The molecule has 49 heavy (non-hydrogen) atoms. The maximum Gasteiger partial charge on any atom is 0.408 e. The molecule has 1 aliphatic heterocycles. The van der Waals surface area contributed by atoms with Crippen LogP contribution in [0.5, 0.6) is 5.88 Å². The second kappa shape index (κ2) is 13.7. The average Bonchev–Trinajstić information content (AvgIpc) is 3.30. The highest BCUT2D eigenvalue weighted by Gasteiger charge is 2.61. The van der Waals surface area contributed by atoms with Crippen molar-refractivity contribution in [2.45, 2.75) is 96.6 Å². The maximum absolute atomic E-state index is 14.4. The number of rotatable bonds is 11. The Bertz CT molecular complexity index is 1730. The number of thiazole rings is 1. The van der Waals surface area contributed by atoms with E-state index in [1.165, 1.54) is 11.0 Å². The van der Waals surface area contributed by atoms with Gasteiger partial charge in [-0.3, -0.25) is 9.59 Å². The van der Waals surface area contributed by atoms with E-state index < -0.39 is 64.5 Å². The van der Waals surface area contributed by atoms with Crippen molar-refractivity contribution in [3.05, 3.63) is 59.2 Å². The van der Waals surface area contributed by atoms with Gasteiger partial charge in [-0.05, 0) is 44.7 Å². The Morgan fingerprint density at radius 2 is 1.82 bits per heavy atom. The summed E-state index contributed by atoms with van der Waals surface area (Å²) in [5.41, 5.74) is -1.16. The number of nitrogens with zero attached hydrogens (tertiary/aromatic N) is 4. The predicted octanol–water partition coefficient (Wildman–Crippen LogP) is 4.30. The monoisotopic (exact) mass is 692 g/mol. The van der Waals surface area contributed by atoms with Crippen molar-refractivity contribution in [2.75, 3.05) is 6.54 Å². The van der Waals surface area contributed by atoms with Crippen molar-refractivity contribution in [3.63, 3.8) is 0 Å². The number of amides is 3. The number of para-hydroxylation sites is 2. The first-order chi connectivity index (χ1) is 23.0. The molecular weight excluding hydrogens is 648 g/mol. The van der Waals surface area contributed by atoms with Gasteiger partial charge in [-0.1, -0.05) is 39.0 Å². The Balaban J connectivity index is 1.45. The number of ether oxygens (including phenoxy) is 2. The van der Waals surface area contributed by atoms with Crippen LogP contribution in [0.4, 0.5) is 4.79 Å². The van der Waals surface area contributed by atoms with Gasteiger partial charge in [0.1, 0.15) is 35.0 Å². The SMILES string of the molecule is C=C[C@@H]1CC1(NC(=O)[C@@H]1C[C@@H](Oc2nc3ccccc3nc2CCc2nccs2)CN1C(=O)[C@@H](NC(=O)OC(C)(C)C)C(C)(C)C)C(=O)O. The Hall–Kier alpha value is -4.59. The van der Waals surface area contributed by atoms with Gasteiger partial charge in [-0.25, -0.2) is 24.5 Å². The van der Waals surface area contributed by atoms with Crippen LogP contribution >= 0.6 is 11.3 Å². The molecule has 1 aromatic carbocycles. The number of alkyl carbamates (subject to hydrolysis) is 1. The van der Waals surface area contributed by atoms with Gasteiger partial charge in [0.2, 0.25) is 17.7 Å². The number of nitrogens with one attached hydrogen (secondary N) is 2. The zero-order chi connectivity index (χ0) is 35.7. The van der Waals surface area contributed by atoms with E-state index in [0.717, 1.165) is 5.01 Å². The summed E-state index contributed by atoms with van der Waals surface area (Å²) in [7, 11) is 0. The van der Waals surface area contributed by atoms with Crippen LogP contribution in [-0.4, -0.2) is 84.7 Å². The van der Waals surface area contributed by atoms with Gasteiger partial charge in [0.15, 0.2) is 0 Å². The molecular formula is C35H44N6O7S. The van der Waals surface area contributed by atoms with E-state index in [2.05, 4.69) is 22.2 Å². The van der Waals surface area contributed by atoms with E-state index in [0.29, 0.717) is 29.6 Å². The normalized spacial score (nSPS) is 22.7. The van der Waals surface area contributed by atoms with Crippen molar-refractivity contribution < 1.29 is 33.8 Å². The molecule has 3 amide bonds. The lowest BCUT2D eigenvalue weighted by Crippen LogP contribution is -2.59. The van der Waals surface area contributed by atoms with Gasteiger partial charge in [0.25, 0.3) is 0 Å². The fourth-order valence-corrected chi connectivity index (χ4v) is 6.59. The Morgan fingerprint density at radius 3 is 2.39 bits per heavy atom. The largest absolute Gasteiger partial charge is 0.479 e. The van der Waals surface area contributed by atoms with Crippen LogP contribution < -0.4 is 15.4 Å². The van der Waals surface area contributed by atoms with Gasteiger partial charge in [0.05, 0.1) is 22.6 Å². The molecule has 13 nitrogen and oxygen atoms in total. The molecule has 2 aliphatic rings. The molecule has 1 aliphatic carbocycles. The molecule has 2 fully saturated rings. The minimum Gasteiger partial charge on any atom is -0.479 e. The van der Waals surface area contributed by atoms with E-state index in [1.807, 2.05) is 29.6 Å². The number of hydrogen-bond donors (Lipinski definition) is 3. The Kier molecular flexibility index (Phi) is 10.0. The van der Waals surface area contributed by atoms with Gasteiger partial charge in [0, 0.05) is 36.8 Å². The second-order valence-electron chi connectivity index (χ2n) is 14.6. The molecule has 3 aromatic rings. The van der Waals surface area contributed by atoms with Gasteiger partial charge < -0.3 is 30.1 Å². The molecule has 1 saturated heterocycles. The zero-order valence-electron chi connectivity index (χ0n) is 28.7. The third-order valence-corrected chi connectivity index (χ3v) is 9.43.